The second-order valence-corrected chi connectivity index (χ2v) is 4.40. The Kier molecular flexibility index (Phi) is 5.28. The molecule has 7 nitrogen and oxygen atoms in total. The third-order valence-corrected chi connectivity index (χ3v) is 2.92. The molecule has 21 heavy (non-hydrogen) atoms. The fourth-order valence-electron chi connectivity index (χ4n) is 1.93. The third kappa shape index (κ3) is 4.03. The van der Waals surface area contributed by atoms with Crippen LogP contribution >= 0.6 is 0 Å². The van der Waals surface area contributed by atoms with E-state index >= 15 is 0 Å². The van der Waals surface area contributed by atoms with Gasteiger partial charge in [0.15, 0.2) is 5.69 Å². The summed E-state index contributed by atoms with van der Waals surface area (Å²) < 4.78 is 7.07. The highest BCUT2D eigenvalue weighted by Gasteiger charge is 2.18. The molecule has 0 atom stereocenters. The Morgan fingerprint density at radius 3 is 2.71 bits per heavy atom. The quantitative estimate of drug-likeness (QED) is 0.752. The molecule has 0 fully saturated rings. The fraction of sp³-hybridized carbons (Fsp3) is 0.357. The van der Waals surface area contributed by atoms with Gasteiger partial charge in [0.05, 0.1) is 12.3 Å². The monoisotopic (exact) mass is 291 g/mol. The number of nitrogens with zero attached hydrogens (tertiary/aromatic N) is 3. The number of carboxylic acids is 1. The van der Waals surface area contributed by atoms with Crippen LogP contribution in [-0.2, 0) is 13.0 Å². The fourth-order valence-corrected chi connectivity index (χ4v) is 1.93. The second-order valence-electron chi connectivity index (χ2n) is 4.40. The first-order valence-corrected chi connectivity index (χ1v) is 6.66. The van der Waals surface area contributed by atoms with Crippen LogP contribution in [0.25, 0.3) is 0 Å². The number of carbonyl (C=O) groups is 1. The van der Waals surface area contributed by atoms with E-state index in [1.54, 1.807) is 0 Å². The van der Waals surface area contributed by atoms with E-state index < -0.39 is 5.97 Å². The minimum Gasteiger partial charge on any atom is -0.493 e. The molecule has 0 radical (unpaired) electrons. The zero-order chi connectivity index (χ0) is 15.1. The number of ether oxygens (including phenoxy) is 1. The van der Waals surface area contributed by atoms with Crippen molar-refractivity contribution >= 4 is 5.97 Å². The van der Waals surface area contributed by atoms with Crippen LogP contribution in [0.15, 0.2) is 30.3 Å². The highest BCUT2D eigenvalue weighted by Crippen LogP contribution is 2.11. The smallest absolute Gasteiger partial charge is 0.358 e. The van der Waals surface area contributed by atoms with Crippen molar-refractivity contribution in [1.82, 2.24) is 15.0 Å². The zero-order valence-electron chi connectivity index (χ0n) is 11.5. The molecule has 0 saturated carbocycles. The number of aryl methyl sites for hydroxylation is 1. The summed E-state index contributed by atoms with van der Waals surface area (Å²) in [6.45, 7) is 0.774. The van der Waals surface area contributed by atoms with Gasteiger partial charge in [-0.1, -0.05) is 23.4 Å². The number of aromatic carboxylic acids is 1. The first-order chi connectivity index (χ1) is 10.2. The molecule has 7 heteroatoms. The maximum atomic E-state index is 11.1. The van der Waals surface area contributed by atoms with Gasteiger partial charge >= 0.3 is 5.97 Å². The maximum Gasteiger partial charge on any atom is 0.358 e. The van der Waals surface area contributed by atoms with Crippen molar-refractivity contribution in [2.45, 2.75) is 19.4 Å². The van der Waals surface area contributed by atoms with Crippen LogP contribution in [0.5, 0.6) is 5.75 Å². The second kappa shape index (κ2) is 7.39. The van der Waals surface area contributed by atoms with E-state index in [0.717, 1.165) is 5.75 Å². The minimum absolute atomic E-state index is 0.0161. The highest BCUT2D eigenvalue weighted by molar-refractivity contribution is 5.86. The zero-order valence-corrected chi connectivity index (χ0v) is 11.5. The van der Waals surface area contributed by atoms with Gasteiger partial charge in [0.1, 0.15) is 5.75 Å². The summed E-state index contributed by atoms with van der Waals surface area (Å²) in [7, 11) is 0. The van der Waals surface area contributed by atoms with Gasteiger partial charge in [0.2, 0.25) is 0 Å². The summed E-state index contributed by atoms with van der Waals surface area (Å²) in [4.78, 5) is 11.1. The largest absolute Gasteiger partial charge is 0.493 e. The topological polar surface area (TPSA) is 97.5 Å². The molecule has 0 aliphatic heterocycles. The minimum atomic E-state index is -1.11. The number of hydrogen-bond acceptors (Lipinski definition) is 5. The molecule has 1 aromatic heterocycles. The molecule has 2 N–H and O–H groups in total. The van der Waals surface area contributed by atoms with E-state index in [2.05, 4.69) is 10.3 Å². The molecular weight excluding hydrogens is 274 g/mol. The van der Waals surface area contributed by atoms with Crippen molar-refractivity contribution in [1.29, 1.82) is 0 Å². The van der Waals surface area contributed by atoms with E-state index in [1.807, 2.05) is 30.3 Å². The Labute approximate surface area is 121 Å². The lowest BCUT2D eigenvalue weighted by atomic mass is 10.2. The summed E-state index contributed by atoms with van der Waals surface area (Å²) in [6, 6.07) is 9.29. The molecular formula is C14H17N3O4. The molecule has 0 amide bonds. The maximum absolute atomic E-state index is 11.1. The molecule has 0 spiro atoms. The van der Waals surface area contributed by atoms with Crippen molar-refractivity contribution in [2.75, 3.05) is 13.2 Å². The van der Waals surface area contributed by atoms with Gasteiger partial charge in [-0.05, 0) is 18.6 Å². The lowest BCUT2D eigenvalue weighted by Crippen LogP contribution is -2.13. The van der Waals surface area contributed by atoms with E-state index in [4.69, 9.17) is 14.9 Å². The van der Waals surface area contributed by atoms with E-state index in [-0.39, 0.29) is 12.3 Å². The molecule has 0 aliphatic rings. The molecule has 2 aromatic rings. The summed E-state index contributed by atoms with van der Waals surface area (Å²) >= 11 is 0. The summed E-state index contributed by atoms with van der Waals surface area (Å²) in [5.41, 5.74) is 0.441. The van der Waals surface area contributed by atoms with Gasteiger partial charge in [-0.25, -0.2) is 9.48 Å². The number of aromatic nitrogens is 3. The molecule has 1 aromatic carbocycles. The van der Waals surface area contributed by atoms with Gasteiger partial charge in [0, 0.05) is 19.6 Å². The lowest BCUT2D eigenvalue weighted by Gasteiger charge is -2.08. The molecule has 112 valence electrons. The molecule has 0 aliphatic carbocycles. The Morgan fingerprint density at radius 2 is 2.05 bits per heavy atom. The van der Waals surface area contributed by atoms with Gasteiger partial charge in [-0.15, -0.1) is 5.10 Å². The third-order valence-electron chi connectivity index (χ3n) is 2.92. The first-order valence-electron chi connectivity index (χ1n) is 6.66. The van der Waals surface area contributed by atoms with Gasteiger partial charge in [-0.3, -0.25) is 0 Å². The highest BCUT2D eigenvalue weighted by atomic mass is 16.5. The van der Waals surface area contributed by atoms with Gasteiger partial charge < -0.3 is 14.9 Å². The Hall–Kier alpha value is -2.41. The van der Waals surface area contributed by atoms with Crippen LogP contribution in [0.4, 0.5) is 0 Å². The Balaban J connectivity index is 2.02. The van der Waals surface area contributed by atoms with E-state index in [9.17, 15) is 4.79 Å². The van der Waals surface area contributed by atoms with Crippen molar-refractivity contribution < 1.29 is 19.7 Å². The number of carboxylic acid groups (broad SMARTS) is 1. The van der Waals surface area contributed by atoms with Crippen LogP contribution in [0.2, 0.25) is 0 Å². The van der Waals surface area contributed by atoms with Crippen molar-refractivity contribution in [2.24, 2.45) is 0 Å². The average molecular weight is 291 g/mol. The van der Waals surface area contributed by atoms with E-state index in [0.29, 0.717) is 31.7 Å². The Bertz CT molecular complexity index is 583. The summed E-state index contributed by atoms with van der Waals surface area (Å²) in [6.07, 6.45) is 0.879. The van der Waals surface area contributed by atoms with Crippen molar-refractivity contribution in [3.63, 3.8) is 0 Å². The first kappa shape index (κ1) is 15.0. The molecule has 0 unspecified atom stereocenters. The van der Waals surface area contributed by atoms with Crippen molar-refractivity contribution in [3.05, 3.63) is 41.7 Å². The number of para-hydroxylation sites is 1. The molecule has 2 rings (SSSR count). The number of aliphatic hydroxyl groups is 1. The van der Waals surface area contributed by atoms with Gasteiger partial charge in [0.25, 0.3) is 0 Å². The number of rotatable bonds is 8. The molecule has 0 bridgehead atoms. The number of benzene rings is 1. The van der Waals surface area contributed by atoms with E-state index in [1.165, 1.54) is 4.68 Å². The normalized spacial score (nSPS) is 10.5. The lowest BCUT2D eigenvalue weighted by molar-refractivity contribution is 0.0689. The average Bonchev–Trinajstić information content (AvgIpc) is 2.89. The van der Waals surface area contributed by atoms with Crippen LogP contribution < -0.4 is 4.74 Å². The summed E-state index contributed by atoms with van der Waals surface area (Å²) in [5, 5.41) is 25.5. The van der Waals surface area contributed by atoms with Crippen LogP contribution in [0, 0.1) is 0 Å². The standard InChI is InChI=1S/C14H17N3O4/c18-9-4-8-17-12(13(14(19)20)15-16-17)7-10-21-11-5-2-1-3-6-11/h1-3,5-6,18H,4,7-10H2,(H,19,20). The number of hydrogen-bond donors (Lipinski definition) is 2. The Morgan fingerprint density at radius 1 is 1.29 bits per heavy atom. The molecule has 1 heterocycles. The van der Waals surface area contributed by atoms with Crippen LogP contribution in [0.1, 0.15) is 22.6 Å². The van der Waals surface area contributed by atoms with Crippen molar-refractivity contribution in [3.8, 4) is 5.75 Å². The SMILES string of the molecule is O=C(O)c1nnn(CCCO)c1CCOc1ccccc1. The van der Waals surface area contributed by atoms with Crippen LogP contribution in [-0.4, -0.2) is 44.4 Å². The van der Waals surface area contributed by atoms with Gasteiger partial charge in [-0.2, -0.15) is 0 Å². The predicted molar refractivity (Wildman–Crippen MR) is 74.3 cm³/mol. The predicted octanol–water partition coefficient (Wildman–Crippen LogP) is 0.980. The van der Waals surface area contributed by atoms with Crippen LogP contribution in [0.3, 0.4) is 0 Å². The molecule has 0 saturated heterocycles. The number of aliphatic hydroxyl groups excluding tert-OH is 1. The summed E-state index contributed by atoms with van der Waals surface area (Å²) in [5.74, 6) is -0.385.